The van der Waals surface area contributed by atoms with Gasteiger partial charge >= 0.3 is 5.97 Å². The van der Waals surface area contributed by atoms with Crippen LogP contribution in [0.4, 0.5) is 5.69 Å². The largest absolute Gasteiger partial charge is 0.481 e. The van der Waals surface area contributed by atoms with Gasteiger partial charge in [0.05, 0.1) is 17.5 Å². The normalized spacial score (nSPS) is 25.0. The van der Waals surface area contributed by atoms with E-state index < -0.39 is 21.7 Å². The lowest BCUT2D eigenvalue weighted by atomic mass is 10.1. The first kappa shape index (κ1) is 20.2. The average molecular weight is 431 g/mol. The number of carbonyl (C=O) groups excluding carboxylic acids is 1. The number of carboxylic acids is 1. The van der Waals surface area contributed by atoms with Crippen molar-refractivity contribution < 1.29 is 23.1 Å². The Morgan fingerprint density at radius 2 is 2.07 bits per heavy atom. The molecule has 3 rings (SSSR count). The van der Waals surface area contributed by atoms with Crippen LogP contribution in [0.1, 0.15) is 24.8 Å². The lowest BCUT2D eigenvalue weighted by Gasteiger charge is -2.26. The molecule has 2 saturated heterocycles. The molecular weight excluding hydrogens is 412 g/mol. The smallest absolute Gasteiger partial charge is 0.303 e. The fourth-order valence-corrected chi connectivity index (χ4v) is 7.35. The number of nitrogens with zero attached hydrogens (tertiary/aromatic N) is 2. The Bertz CT molecular complexity index is 916. The summed E-state index contributed by atoms with van der Waals surface area (Å²) < 4.78 is 24.2. The number of sulfone groups is 1. The van der Waals surface area contributed by atoms with Gasteiger partial charge < -0.3 is 10.0 Å². The second-order valence-corrected chi connectivity index (χ2v) is 10.4. The number of rotatable bonds is 5. The Balaban J connectivity index is 1.91. The van der Waals surface area contributed by atoms with E-state index in [2.05, 4.69) is 4.99 Å². The van der Waals surface area contributed by atoms with E-state index >= 15 is 0 Å². The predicted octanol–water partition coefficient (Wildman–Crippen LogP) is 2.50. The van der Waals surface area contributed by atoms with Crippen molar-refractivity contribution in [3.8, 4) is 0 Å². The second-order valence-electron chi connectivity index (χ2n) is 6.59. The maximum Gasteiger partial charge on any atom is 0.303 e. The maximum absolute atomic E-state index is 12.2. The fourth-order valence-electron chi connectivity index (χ4n) is 3.26. The van der Waals surface area contributed by atoms with Gasteiger partial charge in [0.1, 0.15) is 0 Å². The van der Waals surface area contributed by atoms with E-state index in [-0.39, 0.29) is 42.1 Å². The summed E-state index contributed by atoms with van der Waals surface area (Å²) in [5.41, 5.74) is 1.52. The van der Waals surface area contributed by atoms with Gasteiger partial charge in [-0.05, 0) is 31.0 Å². The van der Waals surface area contributed by atoms with Crippen LogP contribution in [0.15, 0.2) is 23.2 Å². The Morgan fingerprint density at radius 1 is 1.33 bits per heavy atom. The summed E-state index contributed by atoms with van der Waals surface area (Å²) in [4.78, 5) is 28.8. The lowest BCUT2D eigenvalue weighted by molar-refractivity contribution is -0.137. The molecule has 1 N–H and O–H groups in total. The van der Waals surface area contributed by atoms with Gasteiger partial charge in [-0.25, -0.2) is 8.42 Å². The highest BCUT2D eigenvalue weighted by atomic mass is 35.5. The Labute approximate surface area is 166 Å². The van der Waals surface area contributed by atoms with E-state index in [4.69, 9.17) is 16.7 Å². The van der Waals surface area contributed by atoms with Crippen molar-refractivity contribution in [2.24, 2.45) is 4.99 Å². The highest BCUT2D eigenvalue weighted by molar-refractivity contribution is 8.16. The van der Waals surface area contributed by atoms with Gasteiger partial charge in [0.25, 0.3) is 0 Å². The van der Waals surface area contributed by atoms with Crippen LogP contribution in [0.5, 0.6) is 0 Å². The van der Waals surface area contributed by atoms with Crippen molar-refractivity contribution in [1.82, 2.24) is 0 Å². The average Bonchev–Trinajstić information content (AvgIpc) is 3.01. The molecule has 2 aliphatic heterocycles. The zero-order valence-electron chi connectivity index (χ0n) is 14.6. The first-order valence-corrected chi connectivity index (χ1v) is 11.5. The minimum atomic E-state index is -3.15. The molecule has 0 unspecified atom stereocenters. The maximum atomic E-state index is 12.2. The van der Waals surface area contributed by atoms with Crippen LogP contribution in [-0.2, 0) is 19.4 Å². The van der Waals surface area contributed by atoms with Crippen LogP contribution in [0.2, 0.25) is 5.02 Å². The molecule has 0 bridgehead atoms. The first-order chi connectivity index (χ1) is 12.7. The molecule has 0 spiro atoms. The number of benzene rings is 1. The molecule has 2 aliphatic rings. The number of amidine groups is 1. The SMILES string of the molecule is Cc1c(Cl)cccc1N1C(=NC(=O)CCCC(=O)O)S[C@H]2CS(=O)(=O)C[C@@H]21. The molecule has 146 valence electrons. The number of carboxylic acid groups (broad SMARTS) is 1. The summed E-state index contributed by atoms with van der Waals surface area (Å²) in [5.74, 6) is -1.32. The van der Waals surface area contributed by atoms with Crippen molar-refractivity contribution in [1.29, 1.82) is 0 Å². The molecule has 2 heterocycles. The Morgan fingerprint density at radius 3 is 2.78 bits per heavy atom. The van der Waals surface area contributed by atoms with Crippen molar-refractivity contribution >= 4 is 55.9 Å². The molecule has 0 aliphatic carbocycles. The van der Waals surface area contributed by atoms with Gasteiger partial charge in [0.15, 0.2) is 15.0 Å². The van der Waals surface area contributed by atoms with Gasteiger partial charge in [0.2, 0.25) is 5.91 Å². The summed E-state index contributed by atoms with van der Waals surface area (Å²) in [6.45, 7) is 1.84. The first-order valence-electron chi connectivity index (χ1n) is 8.42. The standard InChI is InChI=1S/C17H19ClN2O5S2/c1-10-11(18)4-2-5-12(10)20-13-8-27(24,25)9-14(13)26-17(20)19-15(21)6-3-7-16(22)23/h2,4-5,13-14H,3,6-9H2,1H3,(H,22,23)/t13-,14-/m0/s1. The van der Waals surface area contributed by atoms with E-state index in [1.54, 1.807) is 17.0 Å². The molecule has 2 atom stereocenters. The number of anilines is 1. The zero-order valence-corrected chi connectivity index (χ0v) is 17.0. The number of hydrogen-bond donors (Lipinski definition) is 1. The van der Waals surface area contributed by atoms with Crippen molar-refractivity contribution in [3.05, 3.63) is 28.8 Å². The number of carbonyl (C=O) groups is 2. The molecule has 7 nitrogen and oxygen atoms in total. The third-order valence-corrected chi connectivity index (χ3v) is 8.19. The number of amides is 1. The highest BCUT2D eigenvalue weighted by Crippen LogP contribution is 2.42. The van der Waals surface area contributed by atoms with Gasteiger partial charge in [-0.2, -0.15) is 4.99 Å². The molecule has 0 radical (unpaired) electrons. The van der Waals surface area contributed by atoms with Crippen LogP contribution in [-0.4, -0.2) is 53.4 Å². The number of fused-ring (bicyclic) bond motifs is 1. The third-order valence-electron chi connectivity index (χ3n) is 4.57. The van der Waals surface area contributed by atoms with E-state index in [1.807, 2.05) is 13.0 Å². The van der Waals surface area contributed by atoms with Crippen LogP contribution in [0.25, 0.3) is 0 Å². The minimum Gasteiger partial charge on any atom is -0.481 e. The minimum absolute atomic E-state index is 0.00282. The summed E-state index contributed by atoms with van der Waals surface area (Å²) >= 11 is 7.51. The quantitative estimate of drug-likeness (QED) is 0.765. The number of halogens is 1. The molecule has 1 aromatic rings. The van der Waals surface area contributed by atoms with Crippen LogP contribution >= 0.6 is 23.4 Å². The summed E-state index contributed by atoms with van der Waals surface area (Å²) in [6, 6.07) is 5.06. The molecule has 0 aromatic heterocycles. The molecule has 0 saturated carbocycles. The number of hydrogen-bond acceptors (Lipinski definition) is 5. The van der Waals surface area contributed by atoms with Crippen molar-refractivity contribution in [3.63, 3.8) is 0 Å². The number of aliphatic imine (C=N–C) groups is 1. The third kappa shape index (κ3) is 4.47. The van der Waals surface area contributed by atoms with Gasteiger partial charge in [-0.3, -0.25) is 9.59 Å². The summed E-state index contributed by atoms with van der Waals surface area (Å²) in [6.07, 6.45) is 0.156. The summed E-state index contributed by atoms with van der Waals surface area (Å²) in [7, 11) is -3.15. The molecule has 1 aromatic carbocycles. The molecule has 27 heavy (non-hydrogen) atoms. The van der Waals surface area contributed by atoms with E-state index in [9.17, 15) is 18.0 Å². The predicted molar refractivity (Wildman–Crippen MR) is 106 cm³/mol. The second kappa shape index (κ2) is 7.81. The topological polar surface area (TPSA) is 104 Å². The summed E-state index contributed by atoms with van der Waals surface area (Å²) in [5, 5.41) is 9.49. The molecule has 2 fully saturated rings. The van der Waals surface area contributed by atoms with E-state index in [0.717, 1.165) is 11.3 Å². The van der Waals surface area contributed by atoms with Crippen LogP contribution < -0.4 is 4.90 Å². The number of thioether (sulfide) groups is 1. The lowest BCUT2D eigenvalue weighted by Crippen LogP contribution is -2.38. The van der Waals surface area contributed by atoms with Gasteiger partial charge in [-0.15, -0.1) is 0 Å². The van der Waals surface area contributed by atoms with Crippen molar-refractivity contribution in [2.75, 3.05) is 16.4 Å². The molecule has 10 heteroatoms. The monoisotopic (exact) mass is 430 g/mol. The number of aliphatic carboxylic acids is 1. The fraction of sp³-hybridized carbons (Fsp3) is 0.471. The Kier molecular flexibility index (Phi) is 5.83. The van der Waals surface area contributed by atoms with Crippen LogP contribution in [0.3, 0.4) is 0 Å². The molecular formula is C17H19ClN2O5S2. The zero-order chi connectivity index (χ0) is 19.8. The van der Waals surface area contributed by atoms with Gasteiger partial charge in [-0.1, -0.05) is 29.4 Å². The molecule has 1 amide bonds. The van der Waals surface area contributed by atoms with Gasteiger partial charge in [0, 0.05) is 28.8 Å². The van der Waals surface area contributed by atoms with Crippen molar-refractivity contribution in [2.45, 2.75) is 37.5 Å². The Hall–Kier alpha value is -1.58. The highest BCUT2D eigenvalue weighted by Gasteiger charge is 2.49. The van der Waals surface area contributed by atoms with Crippen LogP contribution in [0, 0.1) is 6.92 Å². The van der Waals surface area contributed by atoms with E-state index in [0.29, 0.717) is 10.2 Å². The van der Waals surface area contributed by atoms with E-state index in [1.165, 1.54) is 11.8 Å².